The molecule has 0 aromatic rings. The molecule has 0 amide bonds. The highest BCUT2D eigenvalue weighted by Gasteiger charge is 2.62. The lowest BCUT2D eigenvalue weighted by atomic mass is 9.95. The molecule has 0 aromatic heterocycles. The smallest absolute Gasteiger partial charge is 0.187 e. The van der Waals surface area contributed by atoms with Gasteiger partial charge >= 0.3 is 0 Å². The van der Waals surface area contributed by atoms with Gasteiger partial charge in [0.05, 0.1) is 78.3 Å². The van der Waals surface area contributed by atoms with Gasteiger partial charge in [0.1, 0.15) is 269 Å². The first kappa shape index (κ1) is 104. The van der Waals surface area contributed by atoms with E-state index in [1.807, 2.05) is 0 Å². The molecule has 12 aliphatic heterocycles. The van der Waals surface area contributed by atoms with Gasteiger partial charge in [-0.2, -0.15) is 0 Å². The van der Waals surface area contributed by atoms with E-state index in [2.05, 4.69) is 0 Å². The van der Waals surface area contributed by atoms with Gasteiger partial charge < -0.3 is 283 Å². The first-order valence-corrected chi connectivity index (χ1v) is 40.8. The number of hydrogen-bond acceptors (Lipinski definition) is 57. The maximum Gasteiger partial charge on any atom is 0.187 e. The van der Waals surface area contributed by atoms with Gasteiger partial charge in [0.2, 0.25) is 0 Å². The Morgan fingerprint density at radius 2 is 0.402 bits per heavy atom. The summed E-state index contributed by atoms with van der Waals surface area (Å²) in [5.74, 6) is 0. The van der Waals surface area contributed by atoms with Crippen molar-refractivity contribution < 1.29 is 283 Å². The topological polar surface area (TPSA) is 900 Å². The lowest BCUT2D eigenvalue weighted by Crippen LogP contribution is -2.68. The van der Waals surface area contributed by atoms with Gasteiger partial charge in [0.25, 0.3) is 0 Å². The van der Waals surface area contributed by atoms with Crippen molar-refractivity contribution in [1.29, 1.82) is 0 Å². The van der Waals surface area contributed by atoms with E-state index in [-0.39, 0.29) is 0 Å². The van der Waals surface area contributed by atoms with Crippen molar-refractivity contribution >= 4 is 0 Å². The number of aliphatic hydroxyl groups excluding tert-OH is 34. The highest BCUT2D eigenvalue weighted by molar-refractivity contribution is 5.04. The van der Waals surface area contributed by atoms with E-state index in [0.29, 0.717) is 0 Å². The molecule has 0 radical (unpaired) electrons. The Kier molecular flexibility index (Phi) is 36.3. The van der Waals surface area contributed by atoms with Crippen molar-refractivity contribution in [2.75, 3.05) is 66.1 Å². The quantitative estimate of drug-likeness (QED) is 0.0318. The van der Waals surface area contributed by atoms with Gasteiger partial charge in [-0.25, -0.2) is 0 Å². The van der Waals surface area contributed by atoms with Crippen molar-refractivity contribution in [1.82, 2.24) is 0 Å². The van der Waals surface area contributed by atoms with Gasteiger partial charge in [-0.15, -0.1) is 0 Å². The van der Waals surface area contributed by atoms with E-state index < -0.39 is 422 Å². The third-order valence-corrected chi connectivity index (χ3v) is 24.2. The zero-order valence-corrected chi connectivity index (χ0v) is 67.2. The summed E-state index contributed by atoms with van der Waals surface area (Å²) in [4.78, 5) is 0. The van der Waals surface area contributed by atoms with Crippen molar-refractivity contribution in [3.05, 3.63) is 0 Å². The van der Waals surface area contributed by atoms with Crippen molar-refractivity contribution in [3.8, 4) is 0 Å². The number of hydrogen-bond donors (Lipinski definition) is 34. The summed E-state index contributed by atoms with van der Waals surface area (Å²) in [6, 6.07) is 0. The van der Waals surface area contributed by atoms with Crippen LogP contribution in [0, 0.1) is 0 Å². The molecule has 12 aliphatic rings. The van der Waals surface area contributed by atoms with Crippen LogP contribution >= 0.6 is 0 Å². The van der Waals surface area contributed by atoms with Crippen molar-refractivity contribution in [2.24, 2.45) is 0 Å². The fourth-order valence-electron chi connectivity index (χ4n) is 16.5. The molecule has 740 valence electrons. The number of ether oxygens (including phenoxy) is 23. The molecule has 0 aliphatic carbocycles. The predicted octanol–water partition coefficient (Wildman–Crippen LogP) is -23.8. The Hall–Kier alpha value is -2.28. The summed E-state index contributed by atoms with van der Waals surface area (Å²) in [5.41, 5.74) is 0. The maximum atomic E-state index is 12.1. The Bertz CT molecular complexity index is 3300. The van der Waals surface area contributed by atoms with E-state index >= 15 is 0 Å². The second-order valence-corrected chi connectivity index (χ2v) is 32.8. The molecule has 127 heavy (non-hydrogen) atoms. The van der Waals surface area contributed by atoms with E-state index in [1.165, 1.54) is 13.8 Å². The third kappa shape index (κ3) is 21.8. The predicted molar refractivity (Wildman–Crippen MR) is 380 cm³/mol. The fourth-order valence-corrected chi connectivity index (χ4v) is 16.5. The molecule has 0 aromatic carbocycles. The minimum atomic E-state index is -2.50. The molecule has 12 fully saturated rings. The van der Waals surface area contributed by atoms with Gasteiger partial charge in [-0.05, 0) is 13.8 Å². The first-order valence-electron chi connectivity index (χ1n) is 40.8. The molecular formula is C70H118O57. The summed E-state index contributed by atoms with van der Waals surface area (Å²) in [5, 5.41) is 375. The molecule has 34 N–H and O–H groups in total. The zero-order valence-electron chi connectivity index (χ0n) is 67.2. The standard InChI is InChI=1S/C70H118O57/c1-13-25(79)32(86)43(97)60(109-13)124-57-35(89)30(84)18(4-72)113-69(57)126-55-27(81)15(77)9-105-67(55)107-11-23-53(122-62-45(99)34(88)29(83)17(3-71)112-62)40(94)49(103)66(118-23)121-52-22(8-76)115-63(46(100)38(52)92)120-51-21(7-75)116-64(47(101)39(51)93)123-54-24(117-65(48(102)41(54)95)119-50-20(6-74)111-59(104)42(96)37(50)91)12-108-68-56(28(82)16(78)10-106-68)127-70-58(36(90)31(85)19(5-73)114-70)125-61-44(98)33(87)26(80)14(2)110-61/h13-104H,3-12H2,1-2H3. The second kappa shape index (κ2) is 44.5. The largest absolute Gasteiger partial charge is 0.394 e. The molecule has 57 heteroatoms. The van der Waals surface area contributed by atoms with Crippen LogP contribution < -0.4 is 0 Å². The number of rotatable bonds is 30. The van der Waals surface area contributed by atoms with Crippen LogP contribution in [0.3, 0.4) is 0 Å². The van der Waals surface area contributed by atoms with E-state index in [1.54, 1.807) is 0 Å². The number of aliphatic hydroxyl groups is 34. The molecule has 12 rings (SSSR count). The molecule has 0 saturated carbocycles. The highest BCUT2D eigenvalue weighted by atomic mass is 16.8. The second-order valence-electron chi connectivity index (χ2n) is 32.8. The minimum absolute atomic E-state index is 0.782. The monoisotopic (exact) mass is 1870 g/mol. The van der Waals surface area contributed by atoms with Crippen LogP contribution in [0.1, 0.15) is 13.8 Å². The zero-order chi connectivity index (χ0) is 92.8. The summed E-state index contributed by atoms with van der Waals surface area (Å²) in [6.45, 7) is -7.88. The van der Waals surface area contributed by atoms with Crippen LogP contribution in [-0.2, 0) is 109 Å². The lowest BCUT2D eigenvalue weighted by Gasteiger charge is -2.50. The maximum absolute atomic E-state index is 12.1. The molecule has 58 unspecified atom stereocenters. The average Bonchev–Trinajstić information content (AvgIpc) is 0.813. The third-order valence-electron chi connectivity index (χ3n) is 24.2. The van der Waals surface area contributed by atoms with Crippen LogP contribution in [0.4, 0.5) is 0 Å². The molecule has 0 spiro atoms. The van der Waals surface area contributed by atoms with Crippen molar-refractivity contribution in [3.63, 3.8) is 0 Å². The summed E-state index contributed by atoms with van der Waals surface area (Å²) in [7, 11) is 0. The first-order chi connectivity index (χ1) is 60.1. The summed E-state index contributed by atoms with van der Waals surface area (Å²) >= 11 is 0. The molecule has 12 heterocycles. The normalized spacial score (nSPS) is 54.6. The van der Waals surface area contributed by atoms with Crippen LogP contribution in [0.25, 0.3) is 0 Å². The van der Waals surface area contributed by atoms with Gasteiger partial charge in [0, 0.05) is 0 Å². The van der Waals surface area contributed by atoms with E-state index in [9.17, 15) is 174 Å². The molecule has 0 bridgehead atoms. The van der Waals surface area contributed by atoms with Crippen LogP contribution in [0.2, 0.25) is 0 Å². The molecule has 57 nitrogen and oxygen atoms in total. The van der Waals surface area contributed by atoms with Gasteiger partial charge in [0.15, 0.2) is 75.5 Å². The van der Waals surface area contributed by atoms with Crippen LogP contribution in [0.15, 0.2) is 0 Å². The SMILES string of the molecule is CC1OC(OC2C(OC3C(OCC4OC(OC5C(CO)OC(OC6C(CO)OC(OC7C(COC8OCC(O)C(O)C8OC8OC(CO)C(O)C(O)C8OC8OC(C)C(O)C(O)C8O)OC(OC8C(CO)OC(O)C(O)C8O)C(O)C7O)C(O)C6O)C(O)C5O)C(O)C(O)C4OC4OC(CO)C(O)C(O)C4O)OCC(O)C3O)OC(CO)C(O)C2O)C(O)C(O)C1O. The minimum Gasteiger partial charge on any atom is -0.394 e. The van der Waals surface area contributed by atoms with E-state index in [4.69, 9.17) is 109 Å². The van der Waals surface area contributed by atoms with Crippen LogP contribution in [-0.4, -0.2) is 596 Å². The average molecular weight is 1870 g/mol. The lowest BCUT2D eigenvalue weighted by molar-refractivity contribution is -0.401. The molecular weight excluding hydrogens is 1750 g/mol. The van der Waals surface area contributed by atoms with Gasteiger partial charge in [-0.1, -0.05) is 0 Å². The Morgan fingerprint density at radius 3 is 0.717 bits per heavy atom. The summed E-state index contributed by atoms with van der Waals surface area (Å²) in [6.07, 6.45) is -120. The van der Waals surface area contributed by atoms with Crippen molar-refractivity contribution in [2.45, 2.75) is 370 Å². The Labute approximate surface area is 716 Å². The molecule has 12 saturated heterocycles. The fraction of sp³-hybridized carbons (Fsp3) is 1.00. The Morgan fingerprint density at radius 1 is 0.189 bits per heavy atom. The summed E-state index contributed by atoms with van der Waals surface area (Å²) < 4.78 is 133. The molecule has 58 atom stereocenters. The highest BCUT2D eigenvalue weighted by Crippen LogP contribution is 2.42. The van der Waals surface area contributed by atoms with Gasteiger partial charge in [-0.3, -0.25) is 0 Å². The van der Waals surface area contributed by atoms with Crippen LogP contribution in [0.5, 0.6) is 0 Å². The van der Waals surface area contributed by atoms with E-state index in [0.717, 1.165) is 0 Å². The Balaban J connectivity index is 0.751.